The van der Waals surface area contributed by atoms with Crippen molar-refractivity contribution >= 4 is 11.6 Å². The van der Waals surface area contributed by atoms with Crippen LogP contribution < -0.4 is 4.90 Å². The number of rotatable bonds is 2. The monoisotopic (exact) mass is 399 g/mol. The fourth-order valence-corrected chi connectivity index (χ4v) is 4.84. The number of phenolic OH excluding ortho intramolecular Hbond substituents is 1. The molecular weight excluding hydrogens is 374 g/mol. The second-order valence-corrected chi connectivity index (χ2v) is 8.44. The summed E-state index contributed by atoms with van der Waals surface area (Å²) in [6.45, 7) is 4.18. The number of carbonyl (C=O) groups excluding carboxylic acids is 1. The minimum absolute atomic E-state index is 0.0705. The van der Waals surface area contributed by atoms with Crippen molar-refractivity contribution in [3.63, 3.8) is 0 Å². The van der Waals surface area contributed by atoms with Gasteiger partial charge < -0.3 is 14.7 Å². The number of benzene rings is 3. The smallest absolute Gasteiger partial charge is 0.258 e. The molecule has 4 heteroatoms. The summed E-state index contributed by atoms with van der Waals surface area (Å²) in [5, 5.41) is 9.84. The van der Waals surface area contributed by atoms with Crippen molar-refractivity contribution in [1.29, 1.82) is 0 Å². The van der Waals surface area contributed by atoms with Crippen LogP contribution in [0.5, 0.6) is 5.75 Å². The SMILES string of the molecule is Cc1cccc(-c2ccc3c(c2)C2(CCOCC2)CN3C(=O)c2cccc(O)c2)c1. The van der Waals surface area contributed by atoms with E-state index in [9.17, 15) is 9.90 Å². The van der Waals surface area contributed by atoms with E-state index in [-0.39, 0.29) is 17.1 Å². The highest BCUT2D eigenvalue weighted by molar-refractivity contribution is 6.08. The van der Waals surface area contributed by atoms with Crippen LogP contribution in [-0.2, 0) is 10.2 Å². The topological polar surface area (TPSA) is 49.8 Å². The molecule has 4 nitrogen and oxygen atoms in total. The summed E-state index contributed by atoms with van der Waals surface area (Å²) in [5.41, 5.74) is 6.23. The molecule has 1 spiro atoms. The van der Waals surface area contributed by atoms with Crippen LogP contribution in [0.25, 0.3) is 11.1 Å². The Labute approximate surface area is 176 Å². The molecule has 1 fully saturated rings. The number of aromatic hydroxyl groups is 1. The summed E-state index contributed by atoms with van der Waals surface area (Å²) >= 11 is 0. The van der Waals surface area contributed by atoms with Crippen molar-refractivity contribution in [2.75, 3.05) is 24.7 Å². The Morgan fingerprint density at radius 1 is 0.967 bits per heavy atom. The number of amides is 1. The number of carbonyl (C=O) groups is 1. The molecule has 0 unspecified atom stereocenters. The van der Waals surface area contributed by atoms with Crippen LogP contribution in [0.1, 0.15) is 34.3 Å². The predicted octanol–water partition coefficient (Wildman–Crippen LogP) is 5.08. The minimum Gasteiger partial charge on any atom is -0.508 e. The van der Waals surface area contributed by atoms with Gasteiger partial charge in [-0.05, 0) is 66.8 Å². The number of anilines is 1. The summed E-state index contributed by atoms with van der Waals surface area (Å²) in [4.78, 5) is 15.3. The number of fused-ring (bicyclic) bond motifs is 2. The van der Waals surface area contributed by atoms with E-state index < -0.39 is 0 Å². The van der Waals surface area contributed by atoms with E-state index in [0.717, 1.165) is 18.5 Å². The van der Waals surface area contributed by atoms with Crippen molar-refractivity contribution in [2.24, 2.45) is 0 Å². The lowest BCUT2D eigenvalue weighted by Crippen LogP contribution is -2.40. The number of hydrogen-bond donors (Lipinski definition) is 1. The van der Waals surface area contributed by atoms with E-state index in [1.165, 1.54) is 28.3 Å². The van der Waals surface area contributed by atoms with E-state index in [1.807, 2.05) is 4.90 Å². The molecule has 1 amide bonds. The lowest BCUT2D eigenvalue weighted by Gasteiger charge is -2.34. The molecule has 152 valence electrons. The van der Waals surface area contributed by atoms with Crippen LogP contribution >= 0.6 is 0 Å². The standard InChI is InChI=1S/C26H25NO3/c1-18-4-2-5-19(14-18)20-8-9-24-23(16-20)26(10-12-30-13-11-26)17-27(24)25(29)21-6-3-7-22(28)15-21/h2-9,14-16,28H,10-13,17H2,1H3. The molecule has 0 aliphatic carbocycles. The first-order chi connectivity index (χ1) is 14.6. The minimum atomic E-state index is -0.0834. The van der Waals surface area contributed by atoms with Crippen LogP contribution in [-0.4, -0.2) is 30.8 Å². The third kappa shape index (κ3) is 3.17. The predicted molar refractivity (Wildman–Crippen MR) is 118 cm³/mol. The zero-order valence-corrected chi connectivity index (χ0v) is 17.1. The van der Waals surface area contributed by atoms with E-state index in [0.29, 0.717) is 25.3 Å². The Bertz CT molecular complexity index is 1110. The van der Waals surface area contributed by atoms with Gasteiger partial charge in [0.2, 0.25) is 0 Å². The van der Waals surface area contributed by atoms with Gasteiger partial charge in [0, 0.05) is 36.4 Å². The van der Waals surface area contributed by atoms with E-state index in [4.69, 9.17) is 4.74 Å². The summed E-state index contributed by atoms with van der Waals surface area (Å²) in [6, 6.07) is 21.6. The fourth-order valence-electron chi connectivity index (χ4n) is 4.84. The van der Waals surface area contributed by atoms with Crippen LogP contribution in [0.3, 0.4) is 0 Å². The maximum atomic E-state index is 13.4. The number of hydrogen-bond acceptors (Lipinski definition) is 3. The zero-order chi connectivity index (χ0) is 20.7. The average molecular weight is 399 g/mol. The van der Waals surface area contributed by atoms with Gasteiger partial charge in [-0.15, -0.1) is 0 Å². The summed E-state index contributed by atoms with van der Waals surface area (Å²) in [6.07, 6.45) is 1.81. The van der Waals surface area contributed by atoms with E-state index in [2.05, 4.69) is 49.4 Å². The molecule has 30 heavy (non-hydrogen) atoms. The van der Waals surface area contributed by atoms with Crippen LogP contribution in [0.4, 0.5) is 5.69 Å². The first kappa shape index (κ1) is 18.9. The second-order valence-electron chi connectivity index (χ2n) is 8.44. The largest absolute Gasteiger partial charge is 0.508 e. The molecule has 2 heterocycles. The van der Waals surface area contributed by atoms with Crippen LogP contribution in [0, 0.1) is 6.92 Å². The van der Waals surface area contributed by atoms with Crippen LogP contribution in [0.2, 0.25) is 0 Å². The molecule has 1 saturated heterocycles. The van der Waals surface area contributed by atoms with Gasteiger partial charge in [0.15, 0.2) is 0 Å². The molecule has 2 aliphatic rings. The third-order valence-corrected chi connectivity index (χ3v) is 6.46. The van der Waals surface area contributed by atoms with Gasteiger partial charge in [0.25, 0.3) is 5.91 Å². The Balaban J connectivity index is 1.60. The number of phenols is 1. The van der Waals surface area contributed by atoms with Gasteiger partial charge in [0.1, 0.15) is 5.75 Å². The lowest BCUT2D eigenvalue weighted by molar-refractivity contribution is 0.0547. The lowest BCUT2D eigenvalue weighted by atomic mass is 9.75. The number of nitrogens with zero attached hydrogens (tertiary/aromatic N) is 1. The first-order valence-corrected chi connectivity index (χ1v) is 10.5. The van der Waals surface area contributed by atoms with Crippen LogP contribution in [0.15, 0.2) is 66.7 Å². The van der Waals surface area contributed by atoms with E-state index >= 15 is 0 Å². The molecule has 3 aromatic carbocycles. The molecule has 1 N–H and O–H groups in total. The Hall–Kier alpha value is -3.11. The van der Waals surface area contributed by atoms with Crippen molar-refractivity contribution in [2.45, 2.75) is 25.2 Å². The molecule has 2 aliphatic heterocycles. The first-order valence-electron chi connectivity index (χ1n) is 10.5. The normalized spacial score (nSPS) is 17.2. The van der Waals surface area contributed by atoms with Gasteiger partial charge in [0.05, 0.1) is 0 Å². The molecule has 0 bridgehead atoms. The second kappa shape index (κ2) is 7.29. The average Bonchev–Trinajstić information content (AvgIpc) is 3.07. The van der Waals surface area contributed by atoms with Gasteiger partial charge in [-0.2, -0.15) is 0 Å². The van der Waals surface area contributed by atoms with Crippen molar-refractivity contribution in [3.05, 3.63) is 83.4 Å². The molecule has 3 aromatic rings. The quantitative estimate of drug-likeness (QED) is 0.654. The van der Waals surface area contributed by atoms with Gasteiger partial charge >= 0.3 is 0 Å². The summed E-state index contributed by atoms with van der Waals surface area (Å²) in [7, 11) is 0. The molecule has 0 saturated carbocycles. The highest BCUT2D eigenvalue weighted by Crippen LogP contribution is 2.48. The Kier molecular flexibility index (Phi) is 4.59. The highest BCUT2D eigenvalue weighted by atomic mass is 16.5. The van der Waals surface area contributed by atoms with Crippen molar-refractivity contribution < 1.29 is 14.6 Å². The highest BCUT2D eigenvalue weighted by Gasteiger charge is 2.45. The molecule has 5 rings (SSSR count). The maximum absolute atomic E-state index is 13.4. The summed E-state index contributed by atoms with van der Waals surface area (Å²) < 4.78 is 5.66. The Morgan fingerprint density at radius 2 is 1.73 bits per heavy atom. The third-order valence-electron chi connectivity index (χ3n) is 6.46. The van der Waals surface area contributed by atoms with Crippen molar-refractivity contribution in [3.8, 4) is 16.9 Å². The van der Waals surface area contributed by atoms with Gasteiger partial charge in [-0.1, -0.05) is 42.0 Å². The molecular formula is C26H25NO3. The summed E-state index contributed by atoms with van der Waals surface area (Å²) in [5.74, 6) is 0.0367. The van der Waals surface area contributed by atoms with Crippen molar-refractivity contribution in [1.82, 2.24) is 0 Å². The van der Waals surface area contributed by atoms with Gasteiger partial charge in [-0.25, -0.2) is 0 Å². The molecule has 0 aromatic heterocycles. The number of aryl methyl sites for hydroxylation is 1. The number of ether oxygens (including phenoxy) is 1. The fraction of sp³-hybridized carbons (Fsp3) is 0.269. The maximum Gasteiger partial charge on any atom is 0.258 e. The molecule has 0 radical (unpaired) electrons. The Morgan fingerprint density at radius 3 is 2.50 bits per heavy atom. The molecule has 0 atom stereocenters. The zero-order valence-electron chi connectivity index (χ0n) is 17.1. The van der Waals surface area contributed by atoms with Gasteiger partial charge in [-0.3, -0.25) is 4.79 Å². The van der Waals surface area contributed by atoms with E-state index in [1.54, 1.807) is 18.2 Å².